The second kappa shape index (κ2) is 9.51. The Morgan fingerprint density at radius 1 is 1.05 bits per heavy atom. The van der Waals surface area contributed by atoms with Crippen LogP contribution in [0.1, 0.15) is 33.6 Å². The Labute approximate surface area is 129 Å². The second-order valence-corrected chi connectivity index (χ2v) is 4.76. The highest BCUT2D eigenvalue weighted by Crippen LogP contribution is 2.04. The van der Waals surface area contributed by atoms with Gasteiger partial charge in [0.05, 0.1) is 0 Å². The number of hydrogen-bond acceptors (Lipinski definition) is 4. The van der Waals surface area contributed by atoms with Crippen molar-refractivity contribution in [3.05, 3.63) is 35.4 Å². The molecule has 0 saturated carbocycles. The van der Waals surface area contributed by atoms with Crippen molar-refractivity contribution in [1.82, 2.24) is 16.0 Å². The molecule has 7 heteroatoms. The van der Waals surface area contributed by atoms with Gasteiger partial charge in [0.1, 0.15) is 0 Å². The van der Waals surface area contributed by atoms with E-state index < -0.39 is 5.91 Å². The Kier molecular flexibility index (Phi) is 7.63. The molecule has 22 heavy (non-hydrogen) atoms. The van der Waals surface area contributed by atoms with Crippen molar-refractivity contribution in [2.45, 2.75) is 12.8 Å². The fraction of sp³-hybridized carbons (Fsp3) is 0.400. The lowest BCUT2D eigenvalue weighted by Gasteiger charge is -2.08. The molecule has 0 bridgehead atoms. The zero-order valence-corrected chi connectivity index (χ0v) is 12.6. The van der Waals surface area contributed by atoms with E-state index in [0.717, 1.165) is 13.0 Å². The summed E-state index contributed by atoms with van der Waals surface area (Å²) in [5, 5.41) is 8.36. The summed E-state index contributed by atoms with van der Waals surface area (Å²) in [5.41, 5.74) is 5.81. The van der Waals surface area contributed by atoms with Gasteiger partial charge in [0, 0.05) is 30.6 Å². The number of primary amides is 1. The largest absolute Gasteiger partial charge is 0.366 e. The zero-order chi connectivity index (χ0) is 16.4. The molecule has 1 aromatic carbocycles. The van der Waals surface area contributed by atoms with Gasteiger partial charge in [0.15, 0.2) is 0 Å². The molecular formula is C15H22N4O3. The van der Waals surface area contributed by atoms with Crippen LogP contribution in [0.4, 0.5) is 0 Å². The molecule has 0 aliphatic carbocycles. The van der Waals surface area contributed by atoms with Gasteiger partial charge in [0.2, 0.25) is 11.8 Å². The lowest BCUT2D eigenvalue weighted by atomic mass is 10.1. The molecule has 0 atom stereocenters. The van der Waals surface area contributed by atoms with E-state index in [1.807, 2.05) is 7.05 Å². The van der Waals surface area contributed by atoms with Gasteiger partial charge in [-0.2, -0.15) is 0 Å². The Morgan fingerprint density at radius 2 is 1.73 bits per heavy atom. The van der Waals surface area contributed by atoms with Gasteiger partial charge in [-0.1, -0.05) is 6.07 Å². The molecule has 0 aliphatic rings. The number of carbonyl (C=O) groups is 3. The molecule has 7 nitrogen and oxygen atoms in total. The van der Waals surface area contributed by atoms with Crippen LogP contribution in [0, 0.1) is 0 Å². The van der Waals surface area contributed by atoms with Gasteiger partial charge < -0.3 is 21.7 Å². The van der Waals surface area contributed by atoms with Crippen LogP contribution in [0.25, 0.3) is 0 Å². The maximum atomic E-state index is 11.9. The predicted molar refractivity (Wildman–Crippen MR) is 83.5 cm³/mol. The van der Waals surface area contributed by atoms with E-state index in [9.17, 15) is 14.4 Å². The van der Waals surface area contributed by atoms with Crippen molar-refractivity contribution < 1.29 is 14.4 Å². The molecule has 120 valence electrons. The smallest absolute Gasteiger partial charge is 0.251 e. The maximum absolute atomic E-state index is 11.9. The third kappa shape index (κ3) is 6.36. The normalized spacial score (nSPS) is 10.0. The lowest BCUT2D eigenvalue weighted by Crippen LogP contribution is -2.34. The van der Waals surface area contributed by atoms with E-state index in [2.05, 4.69) is 16.0 Å². The zero-order valence-electron chi connectivity index (χ0n) is 12.6. The number of nitrogens with one attached hydrogen (secondary N) is 3. The van der Waals surface area contributed by atoms with Gasteiger partial charge in [-0.05, 0) is 38.2 Å². The predicted octanol–water partition coefficient (Wildman–Crippen LogP) is -0.369. The molecule has 0 aliphatic heterocycles. The number of amides is 3. The summed E-state index contributed by atoms with van der Waals surface area (Å²) in [7, 11) is 1.83. The topological polar surface area (TPSA) is 113 Å². The first-order valence-electron chi connectivity index (χ1n) is 7.14. The van der Waals surface area contributed by atoms with Crippen molar-refractivity contribution in [3.8, 4) is 0 Å². The standard InChI is InChI=1S/C15H22N4O3/c1-17-7-3-6-13(20)18-8-9-19-15(22)12-5-2-4-11(10-12)14(16)21/h2,4-5,10,17H,3,6-9H2,1H3,(H2,16,21)(H,18,20)(H,19,22). The third-order valence-corrected chi connectivity index (χ3v) is 2.97. The molecule has 5 N–H and O–H groups in total. The molecule has 3 amide bonds. The Hall–Kier alpha value is -2.41. The van der Waals surface area contributed by atoms with Gasteiger partial charge in [-0.3, -0.25) is 14.4 Å². The molecule has 1 aromatic rings. The number of benzene rings is 1. The SMILES string of the molecule is CNCCCC(=O)NCCNC(=O)c1cccc(C(N)=O)c1. The number of carbonyl (C=O) groups excluding carboxylic acids is 3. The summed E-state index contributed by atoms with van der Waals surface area (Å²) in [5.74, 6) is -0.934. The third-order valence-electron chi connectivity index (χ3n) is 2.97. The highest BCUT2D eigenvalue weighted by molar-refractivity contribution is 5.99. The first-order valence-corrected chi connectivity index (χ1v) is 7.14. The average molecular weight is 306 g/mol. The van der Waals surface area contributed by atoms with Crippen molar-refractivity contribution >= 4 is 17.7 Å². The lowest BCUT2D eigenvalue weighted by molar-refractivity contribution is -0.121. The van der Waals surface area contributed by atoms with E-state index in [4.69, 9.17) is 5.73 Å². The summed E-state index contributed by atoms with van der Waals surface area (Å²) in [4.78, 5) is 34.4. The molecule has 0 spiro atoms. The number of hydrogen-bond donors (Lipinski definition) is 4. The molecule has 0 unspecified atom stereocenters. The summed E-state index contributed by atoms with van der Waals surface area (Å²) in [6.07, 6.45) is 1.23. The fourth-order valence-electron chi connectivity index (χ4n) is 1.81. The maximum Gasteiger partial charge on any atom is 0.251 e. The van der Waals surface area contributed by atoms with Crippen molar-refractivity contribution in [1.29, 1.82) is 0 Å². The Bertz CT molecular complexity index is 531. The van der Waals surface area contributed by atoms with Gasteiger partial charge in [-0.25, -0.2) is 0 Å². The fourth-order valence-corrected chi connectivity index (χ4v) is 1.81. The average Bonchev–Trinajstić information content (AvgIpc) is 2.51. The van der Waals surface area contributed by atoms with Gasteiger partial charge in [0.25, 0.3) is 5.91 Å². The van der Waals surface area contributed by atoms with Crippen LogP contribution < -0.4 is 21.7 Å². The summed E-state index contributed by atoms with van der Waals surface area (Å²) < 4.78 is 0. The molecule has 0 fully saturated rings. The number of rotatable bonds is 9. The molecule has 1 rings (SSSR count). The van der Waals surface area contributed by atoms with Crippen molar-refractivity contribution in [2.75, 3.05) is 26.7 Å². The molecule has 0 radical (unpaired) electrons. The summed E-state index contributed by atoms with van der Waals surface area (Å²) in [6.45, 7) is 1.47. The van der Waals surface area contributed by atoms with Crippen LogP contribution in [-0.2, 0) is 4.79 Å². The molecular weight excluding hydrogens is 284 g/mol. The van der Waals surface area contributed by atoms with Crippen LogP contribution in [-0.4, -0.2) is 44.4 Å². The first kappa shape index (κ1) is 17.6. The van der Waals surface area contributed by atoms with Gasteiger partial charge >= 0.3 is 0 Å². The minimum atomic E-state index is -0.580. The Morgan fingerprint density at radius 3 is 2.41 bits per heavy atom. The van der Waals surface area contributed by atoms with Crippen LogP contribution in [0.5, 0.6) is 0 Å². The van der Waals surface area contributed by atoms with Crippen molar-refractivity contribution in [2.24, 2.45) is 5.73 Å². The van der Waals surface area contributed by atoms with Crippen LogP contribution in [0.15, 0.2) is 24.3 Å². The monoisotopic (exact) mass is 306 g/mol. The van der Waals surface area contributed by atoms with E-state index in [-0.39, 0.29) is 17.4 Å². The Balaban J connectivity index is 2.30. The van der Waals surface area contributed by atoms with E-state index >= 15 is 0 Å². The summed E-state index contributed by atoms with van der Waals surface area (Å²) >= 11 is 0. The van der Waals surface area contributed by atoms with Crippen LogP contribution in [0.3, 0.4) is 0 Å². The van der Waals surface area contributed by atoms with E-state index in [0.29, 0.717) is 25.1 Å². The van der Waals surface area contributed by atoms with Crippen molar-refractivity contribution in [3.63, 3.8) is 0 Å². The van der Waals surface area contributed by atoms with E-state index in [1.54, 1.807) is 18.2 Å². The molecule has 0 aromatic heterocycles. The minimum absolute atomic E-state index is 0.0415. The molecule has 0 saturated heterocycles. The quantitative estimate of drug-likeness (QED) is 0.466. The second-order valence-electron chi connectivity index (χ2n) is 4.76. The van der Waals surface area contributed by atoms with Crippen LogP contribution in [0.2, 0.25) is 0 Å². The molecule has 0 heterocycles. The highest BCUT2D eigenvalue weighted by Gasteiger charge is 2.08. The van der Waals surface area contributed by atoms with Gasteiger partial charge in [-0.15, -0.1) is 0 Å². The van der Waals surface area contributed by atoms with Crippen LogP contribution >= 0.6 is 0 Å². The minimum Gasteiger partial charge on any atom is -0.366 e. The highest BCUT2D eigenvalue weighted by atomic mass is 16.2. The first-order chi connectivity index (χ1) is 10.5. The number of nitrogens with two attached hydrogens (primary N) is 1. The summed E-state index contributed by atoms with van der Waals surface area (Å²) in [6, 6.07) is 6.18. The van der Waals surface area contributed by atoms with E-state index in [1.165, 1.54) is 6.07 Å².